The predicted molar refractivity (Wildman–Crippen MR) is 119 cm³/mol. The Morgan fingerprint density at radius 2 is 1.63 bits per heavy atom. The maximum Gasteiger partial charge on any atom is 0.0380 e. The van der Waals surface area contributed by atoms with E-state index in [2.05, 4.69) is 110 Å². The molecule has 1 nitrogen and oxygen atoms in total. The molecule has 138 valence electrons. The Hall–Kier alpha value is -2.80. The van der Waals surface area contributed by atoms with Crippen molar-refractivity contribution in [3.05, 3.63) is 103 Å². The molecule has 0 saturated heterocycles. The van der Waals surface area contributed by atoms with Gasteiger partial charge in [-0.25, -0.2) is 0 Å². The van der Waals surface area contributed by atoms with Gasteiger partial charge in [0, 0.05) is 17.8 Å². The van der Waals surface area contributed by atoms with Gasteiger partial charge in [-0.2, -0.15) is 0 Å². The topological polar surface area (TPSA) is 12.0 Å². The van der Waals surface area contributed by atoms with Gasteiger partial charge in [-0.1, -0.05) is 93.1 Å². The van der Waals surface area contributed by atoms with Crippen molar-refractivity contribution in [2.75, 3.05) is 5.32 Å². The molecular weight excluding hydrogens is 326 g/mol. The molecule has 0 heterocycles. The monoisotopic (exact) mass is 355 g/mol. The molecular formula is C26H29N. The molecule has 0 bridgehead atoms. The van der Waals surface area contributed by atoms with Crippen LogP contribution in [-0.4, -0.2) is 0 Å². The highest BCUT2D eigenvalue weighted by Gasteiger charge is 2.16. The minimum Gasteiger partial charge on any atom is -0.362 e. The third kappa shape index (κ3) is 5.34. The minimum atomic E-state index is 0.458. The SMILES string of the molecule is CCC/C=C(\C=C/Nc1ccc(-c2ccccc2)cc1)C1C=CC=CC1C. The first-order valence-electron chi connectivity index (χ1n) is 9.91. The first-order chi connectivity index (χ1) is 13.3. The van der Waals surface area contributed by atoms with Gasteiger partial charge in [0.15, 0.2) is 0 Å². The molecule has 2 unspecified atom stereocenters. The van der Waals surface area contributed by atoms with Crippen molar-refractivity contribution in [2.24, 2.45) is 11.8 Å². The second kappa shape index (κ2) is 9.78. The van der Waals surface area contributed by atoms with Crippen LogP contribution in [-0.2, 0) is 0 Å². The van der Waals surface area contributed by atoms with E-state index >= 15 is 0 Å². The summed E-state index contributed by atoms with van der Waals surface area (Å²) in [5, 5.41) is 3.42. The van der Waals surface area contributed by atoms with E-state index < -0.39 is 0 Å². The van der Waals surface area contributed by atoms with E-state index in [-0.39, 0.29) is 0 Å². The normalized spacial score (nSPS) is 19.6. The zero-order valence-corrected chi connectivity index (χ0v) is 16.3. The third-order valence-corrected chi connectivity index (χ3v) is 4.98. The second-order valence-corrected chi connectivity index (χ2v) is 7.07. The van der Waals surface area contributed by atoms with E-state index in [1.165, 1.54) is 23.1 Å². The molecule has 1 N–H and O–H groups in total. The summed E-state index contributed by atoms with van der Waals surface area (Å²) >= 11 is 0. The molecule has 0 radical (unpaired) electrons. The van der Waals surface area contributed by atoms with Crippen LogP contribution in [0.3, 0.4) is 0 Å². The maximum absolute atomic E-state index is 3.42. The highest BCUT2D eigenvalue weighted by molar-refractivity contribution is 5.66. The zero-order chi connectivity index (χ0) is 18.9. The summed E-state index contributed by atoms with van der Waals surface area (Å²) in [7, 11) is 0. The van der Waals surface area contributed by atoms with Crippen LogP contribution in [0.5, 0.6) is 0 Å². The van der Waals surface area contributed by atoms with Crippen LogP contribution >= 0.6 is 0 Å². The largest absolute Gasteiger partial charge is 0.362 e. The van der Waals surface area contributed by atoms with Crippen molar-refractivity contribution in [3.63, 3.8) is 0 Å². The summed E-state index contributed by atoms with van der Waals surface area (Å²) in [6, 6.07) is 19.1. The molecule has 3 rings (SSSR count). The van der Waals surface area contributed by atoms with Gasteiger partial charge in [0.2, 0.25) is 0 Å². The second-order valence-electron chi connectivity index (χ2n) is 7.07. The number of anilines is 1. The molecule has 2 aromatic carbocycles. The van der Waals surface area contributed by atoms with Crippen LogP contribution in [0.25, 0.3) is 11.1 Å². The van der Waals surface area contributed by atoms with Crippen LogP contribution < -0.4 is 5.32 Å². The number of nitrogens with one attached hydrogen (secondary N) is 1. The van der Waals surface area contributed by atoms with Gasteiger partial charge in [-0.3, -0.25) is 0 Å². The van der Waals surface area contributed by atoms with Crippen LogP contribution in [0.2, 0.25) is 0 Å². The van der Waals surface area contributed by atoms with Crippen LogP contribution in [0.4, 0.5) is 5.69 Å². The van der Waals surface area contributed by atoms with E-state index in [0.717, 1.165) is 12.1 Å². The molecule has 1 aliphatic rings. The molecule has 0 saturated carbocycles. The lowest BCUT2D eigenvalue weighted by atomic mass is 9.83. The Balaban J connectivity index is 1.67. The number of hydrogen-bond acceptors (Lipinski definition) is 1. The fraction of sp³-hybridized carbons (Fsp3) is 0.231. The molecule has 2 atom stereocenters. The molecule has 0 fully saturated rings. The summed E-state index contributed by atoms with van der Waals surface area (Å²) in [6.07, 6.45) is 17.9. The van der Waals surface area contributed by atoms with Crippen molar-refractivity contribution in [1.82, 2.24) is 0 Å². The van der Waals surface area contributed by atoms with Crippen molar-refractivity contribution in [1.29, 1.82) is 0 Å². The minimum absolute atomic E-state index is 0.458. The quantitative estimate of drug-likeness (QED) is 0.511. The highest BCUT2D eigenvalue weighted by atomic mass is 14.8. The molecule has 1 heteroatoms. The Labute approximate surface area is 163 Å². The summed E-state index contributed by atoms with van der Waals surface area (Å²) in [5.41, 5.74) is 4.98. The van der Waals surface area contributed by atoms with Crippen molar-refractivity contribution < 1.29 is 0 Å². The van der Waals surface area contributed by atoms with Gasteiger partial charge >= 0.3 is 0 Å². The number of unbranched alkanes of at least 4 members (excludes halogenated alkanes) is 1. The summed E-state index contributed by atoms with van der Waals surface area (Å²) in [4.78, 5) is 0. The van der Waals surface area contributed by atoms with E-state index in [4.69, 9.17) is 0 Å². The standard InChI is InChI=1S/C26H29N/c1-3-4-11-24(26-14-9-8-10-21(26)2)19-20-27-25-17-15-23(16-18-25)22-12-6-5-7-13-22/h5-21,26-27H,3-4H2,1-2H3/b20-19-,24-11+. The van der Waals surface area contributed by atoms with E-state index in [9.17, 15) is 0 Å². The van der Waals surface area contributed by atoms with Gasteiger partial charge in [-0.05, 0) is 47.2 Å². The first-order valence-corrected chi connectivity index (χ1v) is 9.91. The molecule has 0 amide bonds. The lowest BCUT2D eigenvalue weighted by molar-refractivity contribution is 0.584. The van der Waals surface area contributed by atoms with E-state index in [1.54, 1.807) is 0 Å². The predicted octanol–water partition coefficient (Wildman–Crippen LogP) is 7.38. The number of rotatable bonds is 7. The van der Waals surface area contributed by atoms with Gasteiger partial charge in [0.05, 0.1) is 0 Å². The number of hydrogen-bond donors (Lipinski definition) is 1. The van der Waals surface area contributed by atoms with Crippen LogP contribution in [0.15, 0.2) is 103 Å². The van der Waals surface area contributed by atoms with E-state index in [1.807, 2.05) is 6.07 Å². The maximum atomic E-state index is 3.42. The van der Waals surface area contributed by atoms with Crippen molar-refractivity contribution >= 4 is 5.69 Å². The zero-order valence-electron chi connectivity index (χ0n) is 16.3. The Kier molecular flexibility index (Phi) is 6.87. The Morgan fingerprint density at radius 3 is 2.33 bits per heavy atom. The lowest BCUT2D eigenvalue weighted by Gasteiger charge is -2.22. The fourth-order valence-electron chi connectivity index (χ4n) is 3.38. The Morgan fingerprint density at radius 1 is 0.926 bits per heavy atom. The molecule has 0 aromatic heterocycles. The Bertz CT molecular complexity index is 822. The molecule has 27 heavy (non-hydrogen) atoms. The molecule has 0 spiro atoms. The van der Waals surface area contributed by atoms with Gasteiger partial charge in [-0.15, -0.1) is 0 Å². The smallest absolute Gasteiger partial charge is 0.0380 e. The highest BCUT2D eigenvalue weighted by Crippen LogP contribution is 2.28. The summed E-state index contributed by atoms with van der Waals surface area (Å²) in [6.45, 7) is 4.51. The number of benzene rings is 2. The van der Waals surface area contributed by atoms with Crippen molar-refractivity contribution in [3.8, 4) is 11.1 Å². The number of allylic oxidation sites excluding steroid dienone is 7. The molecule has 1 aliphatic carbocycles. The van der Waals surface area contributed by atoms with Gasteiger partial charge in [0.25, 0.3) is 0 Å². The van der Waals surface area contributed by atoms with E-state index in [0.29, 0.717) is 11.8 Å². The summed E-state index contributed by atoms with van der Waals surface area (Å²) in [5.74, 6) is 0.993. The summed E-state index contributed by atoms with van der Waals surface area (Å²) < 4.78 is 0. The van der Waals surface area contributed by atoms with Gasteiger partial charge < -0.3 is 5.32 Å². The fourth-order valence-corrected chi connectivity index (χ4v) is 3.38. The van der Waals surface area contributed by atoms with Crippen molar-refractivity contribution in [2.45, 2.75) is 26.7 Å². The first kappa shape index (κ1) is 19.0. The molecule has 0 aliphatic heterocycles. The van der Waals surface area contributed by atoms with Crippen LogP contribution in [0, 0.1) is 11.8 Å². The lowest BCUT2D eigenvalue weighted by Crippen LogP contribution is -2.11. The third-order valence-electron chi connectivity index (χ3n) is 4.98. The van der Waals surface area contributed by atoms with Crippen LogP contribution in [0.1, 0.15) is 26.7 Å². The average molecular weight is 356 g/mol. The van der Waals surface area contributed by atoms with Gasteiger partial charge in [0.1, 0.15) is 0 Å². The average Bonchev–Trinajstić information content (AvgIpc) is 2.72. The molecule has 2 aromatic rings.